The number of rotatable bonds is 3. The molecule has 5 rings (SSSR count). The van der Waals surface area contributed by atoms with Crippen LogP contribution in [0, 0.1) is 0 Å². The van der Waals surface area contributed by atoms with E-state index in [0.29, 0.717) is 5.39 Å². The van der Waals surface area contributed by atoms with Gasteiger partial charge < -0.3 is 0 Å². The molecule has 5 aromatic rings. The topological polar surface area (TPSA) is 47.2 Å². The van der Waals surface area contributed by atoms with Crippen molar-refractivity contribution in [3.05, 3.63) is 87.6 Å². The van der Waals surface area contributed by atoms with Crippen molar-refractivity contribution in [1.29, 1.82) is 0 Å². The lowest BCUT2D eigenvalue weighted by Crippen LogP contribution is -2.16. The summed E-state index contributed by atoms with van der Waals surface area (Å²) in [5, 5.41) is 11.3. The molecule has 130 valence electrons. The number of fused-ring (bicyclic) bond motifs is 2. The van der Waals surface area contributed by atoms with Gasteiger partial charge in [-0.15, -0.1) is 22.7 Å². The van der Waals surface area contributed by atoms with E-state index in [2.05, 4.69) is 28.3 Å². The fraction of sp³-hybridized carbons (Fsp3) is 0. The van der Waals surface area contributed by atoms with Gasteiger partial charge in [-0.05, 0) is 22.2 Å². The molecule has 6 heteroatoms. The highest BCUT2D eigenvalue weighted by atomic mass is 32.1. The maximum absolute atomic E-state index is 13.0. The van der Waals surface area contributed by atoms with Crippen LogP contribution < -0.4 is 5.56 Å². The smallest absolute Gasteiger partial charge is 0.267 e. The van der Waals surface area contributed by atoms with Gasteiger partial charge in [0.05, 0.1) is 11.6 Å². The third-order valence-electron chi connectivity index (χ3n) is 4.41. The first-order valence-corrected chi connectivity index (χ1v) is 10.1. The summed E-state index contributed by atoms with van der Waals surface area (Å²) in [5.74, 6) is 0. The van der Waals surface area contributed by atoms with Crippen molar-refractivity contribution in [2.45, 2.75) is 0 Å². The summed E-state index contributed by atoms with van der Waals surface area (Å²) in [4.78, 5) is 19.2. The Hall–Kier alpha value is -3.09. The Morgan fingerprint density at radius 1 is 1.00 bits per heavy atom. The maximum Gasteiger partial charge on any atom is 0.283 e. The largest absolute Gasteiger partial charge is 0.283 e. The quantitative estimate of drug-likeness (QED) is 0.398. The van der Waals surface area contributed by atoms with Crippen LogP contribution in [0.15, 0.2) is 81.6 Å². The van der Waals surface area contributed by atoms with Gasteiger partial charge in [0, 0.05) is 21.4 Å². The molecule has 0 radical (unpaired) electrons. The van der Waals surface area contributed by atoms with Crippen LogP contribution in [0.1, 0.15) is 5.56 Å². The third kappa shape index (κ3) is 2.79. The van der Waals surface area contributed by atoms with E-state index in [1.807, 2.05) is 47.2 Å². The highest BCUT2D eigenvalue weighted by Crippen LogP contribution is 2.33. The Morgan fingerprint density at radius 2 is 1.89 bits per heavy atom. The van der Waals surface area contributed by atoms with Crippen molar-refractivity contribution < 1.29 is 0 Å². The Kier molecular flexibility index (Phi) is 3.92. The lowest BCUT2D eigenvalue weighted by molar-refractivity contribution is 0.819. The standard InChI is InChI=1S/C21H13N3OS2/c25-21-19-17(18-9-4-10-26-18)12-27-20(19)22-13-24(21)23-11-15-7-3-6-14-5-1-2-8-16(14)15/h1-13H/b23-11-. The Morgan fingerprint density at radius 3 is 2.78 bits per heavy atom. The Balaban J connectivity index is 1.63. The van der Waals surface area contributed by atoms with Crippen LogP contribution in [-0.4, -0.2) is 15.9 Å². The summed E-state index contributed by atoms with van der Waals surface area (Å²) in [7, 11) is 0. The van der Waals surface area contributed by atoms with Crippen LogP contribution in [0.2, 0.25) is 0 Å². The summed E-state index contributed by atoms with van der Waals surface area (Å²) in [6, 6.07) is 18.2. The van der Waals surface area contributed by atoms with Gasteiger partial charge in [0.1, 0.15) is 11.2 Å². The van der Waals surface area contributed by atoms with Gasteiger partial charge in [0.2, 0.25) is 0 Å². The molecule has 0 aliphatic carbocycles. The summed E-state index contributed by atoms with van der Waals surface area (Å²) in [6.07, 6.45) is 3.20. The van der Waals surface area contributed by atoms with Crippen molar-refractivity contribution in [2.24, 2.45) is 5.10 Å². The molecular weight excluding hydrogens is 374 g/mol. The number of nitrogens with zero attached hydrogens (tertiary/aromatic N) is 3. The molecule has 2 aromatic carbocycles. The number of hydrogen-bond acceptors (Lipinski definition) is 5. The van der Waals surface area contributed by atoms with Gasteiger partial charge in [-0.1, -0.05) is 48.5 Å². The van der Waals surface area contributed by atoms with Crippen molar-refractivity contribution >= 4 is 49.9 Å². The number of thiophene rings is 2. The molecule has 0 saturated carbocycles. The minimum atomic E-state index is -0.152. The van der Waals surface area contributed by atoms with Crippen LogP contribution in [0.25, 0.3) is 31.4 Å². The average Bonchev–Trinajstić information content (AvgIpc) is 3.37. The second-order valence-electron chi connectivity index (χ2n) is 6.01. The van der Waals surface area contributed by atoms with Crippen molar-refractivity contribution in [3.63, 3.8) is 0 Å². The monoisotopic (exact) mass is 387 g/mol. The SMILES string of the molecule is O=c1c2c(-c3cccs3)csc2ncn1/N=C\c1cccc2ccccc12. The van der Waals surface area contributed by atoms with Crippen molar-refractivity contribution in [1.82, 2.24) is 9.66 Å². The third-order valence-corrected chi connectivity index (χ3v) is 6.20. The van der Waals surface area contributed by atoms with Gasteiger partial charge in [-0.25, -0.2) is 4.98 Å². The first kappa shape index (κ1) is 16.1. The fourth-order valence-corrected chi connectivity index (χ4v) is 4.83. The lowest BCUT2D eigenvalue weighted by Gasteiger charge is -2.02. The van der Waals surface area contributed by atoms with Crippen LogP contribution >= 0.6 is 22.7 Å². The molecule has 0 amide bonds. The average molecular weight is 387 g/mol. The fourth-order valence-electron chi connectivity index (χ4n) is 3.11. The predicted molar refractivity (Wildman–Crippen MR) is 114 cm³/mol. The Bertz CT molecular complexity index is 1340. The summed E-state index contributed by atoms with van der Waals surface area (Å²) in [5.41, 5.74) is 1.74. The highest BCUT2D eigenvalue weighted by molar-refractivity contribution is 7.18. The minimum absolute atomic E-state index is 0.152. The zero-order valence-electron chi connectivity index (χ0n) is 14.1. The predicted octanol–water partition coefficient (Wildman–Crippen LogP) is 5.22. The first-order valence-electron chi connectivity index (χ1n) is 8.36. The molecule has 0 N–H and O–H groups in total. The van der Waals surface area contributed by atoms with E-state index in [1.54, 1.807) is 17.6 Å². The molecule has 27 heavy (non-hydrogen) atoms. The zero-order chi connectivity index (χ0) is 18.2. The second kappa shape index (κ2) is 6.57. The second-order valence-corrected chi connectivity index (χ2v) is 7.82. The molecule has 4 nitrogen and oxygen atoms in total. The van der Waals surface area contributed by atoms with Crippen LogP contribution in [-0.2, 0) is 0 Å². The molecule has 0 unspecified atom stereocenters. The van der Waals surface area contributed by atoms with Gasteiger partial charge in [-0.2, -0.15) is 9.78 Å². The molecular formula is C21H13N3OS2. The van der Waals surface area contributed by atoms with Gasteiger partial charge in [-0.3, -0.25) is 4.79 Å². The molecule has 0 spiro atoms. The van der Waals surface area contributed by atoms with Gasteiger partial charge in [0.25, 0.3) is 5.56 Å². The van der Waals surface area contributed by atoms with E-state index in [1.165, 1.54) is 22.3 Å². The molecule has 0 fully saturated rings. The summed E-state index contributed by atoms with van der Waals surface area (Å²) >= 11 is 3.10. The normalized spacial score (nSPS) is 11.7. The molecule has 0 aliphatic heterocycles. The number of benzene rings is 2. The van der Waals surface area contributed by atoms with E-state index in [-0.39, 0.29) is 5.56 Å². The molecule has 0 atom stereocenters. The van der Waals surface area contributed by atoms with Crippen molar-refractivity contribution in [3.8, 4) is 10.4 Å². The zero-order valence-corrected chi connectivity index (χ0v) is 15.7. The van der Waals surface area contributed by atoms with E-state index < -0.39 is 0 Å². The summed E-state index contributed by atoms with van der Waals surface area (Å²) in [6.45, 7) is 0. The van der Waals surface area contributed by atoms with Gasteiger partial charge in [0.15, 0.2) is 0 Å². The van der Waals surface area contributed by atoms with E-state index in [0.717, 1.165) is 31.6 Å². The lowest BCUT2D eigenvalue weighted by atomic mass is 10.1. The molecule has 0 bridgehead atoms. The molecule has 3 aromatic heterocycles. The van der Waals surface area contributed by atoms with Crippen LogP contribution in [0.3, 0.4) is 0 Å². The van der Waals surface area contributed by atoms with Crippen LogP contribution in [0.4, 0.5) is 0 Å². The van der Waals surface area contributed by atoms with E-state index in [4.69, 9.17) is 0 Å². The minimum Gasteiger partial charge on any atom is -0.267 e. The van der Waals surface area contributed by atoms with Gasteiger partial charge >= 0.3 is 0 Å². The van der Waals surface area contributed by atoms with Crippen LogP contribution in [0.5, 0.6) is 0 Å². The highest BCUT2D eigenvalue weighted by Gasteiger charge is 2.13. The number of hydrogen-bond donors (Lipinski definition) is 0. The Labute approximate surface area is 162 Å². The molecule has 3 heterocycles. The summed E-state index contributed by atoms with van der Waals surface area (Å²) < 4.78 is 1.31. The molecule has 0 saturated heterocycles. The molecule has 0 aliphatic rings. The number of aromatic nitrogens is 2. The maximum atomic E-state index is 13.0. The van der Waals surface area contributed by atoms with E-state index in [9.17, 15) is 4.79 Å². The van der Waals surface area contributed by atoms with E-state index >= 15 is 0 Å². The first-order chi connectivity index (χ1) is 13.3. The van der Waals surface area contributed by atoms with Crippen molar-refractivity contribution in [2.75, 3.05) is 0 Å².